The molecule has 2 saturated heterocycles. The summed E-state index contributed by atoms with van der Waals surface area (Å²) in [6, 6.07) is 11.5. The van der Waals surface area contributed by atoms with Gasteiger partial charge in [0.05, 0.1) is 25.7 Å². The number of nitrogens with zero attached hydrogens (tertiary/aromatic N) is 1. The molecule has 2 aromatic carbocycles. The van der Waals surface area contributed by atoms with E-state index >= 15 is 0 Å². The van der Waals surface area contributed by atoms with Gasteiger partial charge in [0.25, 0.3) is 5.09 Å². The summed E-state index contributed by atoms with van der Waals surface area (Å²) in [7, 11) is 1.62. The van der Waals surface area contributed by atoms with Crippen LogP contribution in [0, 0.1) is 10.1 Å². The van der Waals surface area contributed by atoms with Crippen molar-refractivity contribution in [3.63, 3.8) is 0 Å². The van der Waals surface area contributed by atoms with Crippen LogP contribution in [-0.2, 0) is 23.8 Å². The van der Waals surface area contributed by atoms with Crippen LogP contribution in [0.15, 0.2) is 36.4 Å². The van der Waals surface area contributed by atoms with Crippen molar-refractivity contribution in [1.29, 1.82) is 0 Å². The molecule has 0 aromatic heterocycles. The molecule has 2 aliphatic heterocycles. The summed E-state index contributed by atoms with van der Waals surface area (Å²) in [5.41, 5.74) is 0.824. The van der Waals surface area contributed by atoms with E-state index < -0.39 is 35.5 Å². The van der Waals surface area contributed by atoms with Crippen molar-refractivity contribution in [2.75, 3.05) is 13.7 Å². The molecular formula is C20H21NO8. The molecule has 0 spiro atoms. The highest BCUT2D eigenvalue weighted by Gasteiger charge is 2.49. The van der Waals surface area contributed by atoms with E-state index in [9.17, 15) is 14.9 Å². The third kappa shape index (κ3) is 3.96. The molecule has 0 bridgehead atoms. The van der Waals surface area contributed by atoms with Gasteiger partial charge in [-0.1, -0.05) is 24.3 Å². The molecule has 2 heterocycles. The molecule has 0 aliphatic carbocycles. The van der Waals surface area contributed by atoms with Crippen molar-refractivity contribution >= 4 is 16.7 Å². The van der Waals surface area contributed by atoms with Gasteiger partial charge in [-0.3, -0.25) is 9.63 Å². The highest BCUT2D eigenvalue weighted by molar-refractivity contribution is 5.86. The summed E-state index contributed by atoms with van der Waals surface area (Å²) in [6.45, 7) is 1.96. The molecule has 154 valence electrons. The van der Waals surface area contributed by atoms with Gasteiger partial charge in [0.2, 0.25) is 6.29 Å². The first-order chi connectivity index (χ1) is 13.9. The second kappa shape index (κ2) is 7.84. The van der Waals surface area contributed by atoms with Gasteiger partial charge in [0.15, 0.2) is 6.10 Å². The standard InChI is InChI=1S/C20H21NO8/c1-11(12-3-4-14-8-15(25-2)6-5-13(14)7-12)20(22)27-17-10-26-16-9-18(28-19(16)17)29-21(23)24/h3-8,11,16-19H,9-10H2,1-2H3/t11-,16?,17?,18?,19?/m0/s1. The largest absolute Gasteiger partial charge is 0.497 e. The molecule has 4 rings (SSSR count). The van der Waals surface area contributed by atoms with Crippen LogP contribution in [-0.4, -0.2) is 49.4 Å². The van der Waals surface area contributed by atoms with Gasteiger partial charge < -0.3 is 18.9 Å². The van der Waals surface area contributed by atoms with Gasteiger partial charge in [-0.2, -0.15) is 0 Å². The molecule has 4 unspecified atom stereocenters. The number of hydrogen-bond acceptors (Lipinski definition) is 8. The number of fused-ring (bicyclic) bond motifs is 2. The number of benzene rings is 2. The lowest BCUT2D eigenvalue weighted by Crippen LogP contribution is -2.34. The van der Waals surface area contributed by atoms with Crippen LogP contribution in [0.25, 0.3) is 10.8 Å². The Morgan fingerprint density at radius 2 is 2.00 bits per heavy atom. The Labute approximate surface area is 166 Å². The van der Waals surface area contributed by atoms with Gasteiger partial charge in [-0.15, -0.1) is 10.1 Å². The summed E-state index contributed by atoms with van der Waals surface area (Å²) in [4.78, 5) is 27.6. The number of rotatable bonds is 6. The van der Waals surface area contributed by atoms with Crippen LogP contribution in [0.5, 0.6) is 5.75 Å². The fourth-order valence-corrected chi connectivity index (χ4v) is 3.74. The zero-order valence-electron chi connectivity index (χ0n) is 16.0. The van der Waals surface area contributed by atoms with E-state index in [1.165, 1.54) is 0 Å². The average Bonchev–Trinajstić information content (AvgIpc) is 3.27. The van der Waals surface area contributed by atoms with Crippen molar-refractivity contribution in [3.05, 3.63) is 52.1 Å². The summed E-state index contributed by atoms with van der Waals surface area (Å²) >= 11 is 0. The molecule has 0 amide bonds. The molecule has 0 saturated carbocycles. The summed E-state index contributed by atoms with van der Waals surface area (Å²) in [5, 5.41) is 11.6. The lowest BCUT2D eigenvalue weighted by molar-refractivity contribution is -0.779. The molecule has 9 nitrogen and oxygen atoms in total. The SMILES string of the molecule is COc1ccc2cc([C@H](C)C(=O)OC3COC4CC(O[N+](=O)[O-])OC43)ccc2c1. The Morgan fingerprint density at radius 3 is 2.76 bits per heavy atom. The maximum Gasteiger partial charge on any atom is 0.313 e. The minimum Gasteiger partial charge on any atom is -0.497 e. The van der Waals surface area contributed by atoms with Crippen molar-refractivity contribution in [1.82, 2.24) is 0 Å². The topological polar surface area (TPSA) is 106 Å². The maximum absolute atomic E-state index is 12.7. The van der Waals surface area contributed by atoms with E-state index in [-0.39, 0.29) is 19.1 Å². The van der Waals surface area contributed by atoms with E-state index in [1.807, 2.05) is 36.4 Å². The Morgan fingerprint density at radius 1 is 1.24 bits per heavy atom. The highest BCUT2D eigenvalue weighted by Crippen LogP contribution is 2.34. The van der Waals surface area contributed by atoms with Crippen LogP contribution >= 0.6 is 0 Å². The predicted octanol–water partition coefficient (Wildman–Crippen LogP) is 2.59. The van der Waals surface area contributed by atoms with E-state index in [0.29, 0.717) is 0 Å². The Balaban J connectivity index is 1.42. The molecule has 0 N–H and O–H groups in total. The molecule has 2 fully saturated rings. The van der Waals surface area contributed by atoms with E-state index in [4.69, 9.17) is 18.9 Å². The first-order valence-corrected chi connectivity index (χ1v) is 9.31. The number of carbonyl (C=O) groups is 1. The van der Waals surface area contributed by atoms with Gasteiger partial charge in [0, 0.05) is 6.42 Å². The number of ether oxygens (including phenoxy) is 4. The van der Waals surface area contributed by atoms with Gasteiger partial charge in [-0.25, -0.2) is 0 Å². The van der Waals surface area contributed by atoms with Crippen molar-refractivity contribution in [2.45, 2.75) is 43.9 Å². The minimum atomic E-state index is -1.00. The number of methoxy groups -OCH3 is 1. The third-order valence-electron chi connectivity index (χ3n) is 5.34. The van der Waals surface area contributed by atoms with E-state index in [2.05, 4.69) is 4.84 Å². The zero-order chi connectivity index (χ0) is 20.5. The van der Waals surface area contributed by atoms with Gasteiger partial charge in [0.1, 0.15) is 11.9 Å². The van der Waals surface area contributed by atoms with Gasteiger partial charge in [-0.05, 0) is 35.4 Å². The number of hydrogen-bond donors (Lipinski definition) is 0. The fourth-order valence-electron chi connectivity index (χ4n) is 3.74. The quantitative estimate of drug-likeness (QED) is 0.412. The molecule has 9 heteroatoms. The van der Waals surface area contributed by atoms with Crippen molar-refractivity contribution < 1.29 is 33.7 Å². The van der Waals surface area contributed by atoms with Crippen molar-refractivity contribution in [2.24, 2.45) is 0 Å². The molecule has 2 aromatic rings. The normalized spacial score (nSPS) is 26.7. The third-order valence-corrected chi connectivity index (χ3v) is 5.34. The van der Waals surface area contributed by atoms with E-state index in [1.54, 1.807) is 14.0 Å². The second-order valence-corrected chi connectivity index (χ2v) is 7.14. The molecule has 5 atom stereocenters. The van der Waals surface area contributed by atoms with Crippen molar-refractivity contribution in [3.8, 4) is 5.75 Å². The summed E-state index contributed by atoms with van der Waals surface area (Å²) < 4.78 is 21.9. The highest BCUT2D eigenvalue weighted by atomic mass is 17.0. The average molecular weight is 403 g/mol. The zero-order valence-corrected chi connectivity index (χ0v) is 16.0. The first-order valence-electron chi connectivity index (χ1n) is 9.31. The Hall–Kier alpha value is -2.91. The molecule has 29 heavy (non-hydrogen) atoms. The number of carbonyl (C=O) groups excluding carboxylic acids is 1. The lowest BCUT2D eigenvalue weighted by atomic mass is 9.97. The first kappa shape index (κ1) is 19.4. The van der Waals surface area contributed by atoms with Crippen LogP contribution in [0.3, 0.4) is 0 Å². The fraction of sp³-hybridized carbons (Fsp3) is 0.450. The predicted molar refractivity (Wildman–Crippen MR) is 99.9 cm³/mol. The van der Waals surface area contributed by atoms with Crippen LogP contribution < -0.4 is 4.74 Å². The van der Waals surface area contributed by atoms with Crippen LogP contribution in [0.2, 0.25) is 0 Å². The minimum absolute atomic E-state index is 0.191. The lowest BCUT2D eigenvalue weighted by Gasteiger charge is -2.20. The van der Waals surface area contributed by atoms with E-state index in [0.717, 1.165) is 22.1 Å². The summed E-state index contributed by atoms with van der Waals surface area (Å²) in [6.07, 6.45) is -2.36. The number of esters is 1. The molecule has 2 aliphatic rings. The van der Waals surface area contributed by atoms with Crippen LogP contribution in [0.1, 0.15) is 24.8 Å². The van der Waals surface area contributed by atoms with Crippen LogP contribution in [0.4, 0.5) is 0 Å². The Bertz CT molecular complexity index is 932. The molecular weight excluding hydrogens is 382 g/mol. The second-order valence-electron chi connectivity index (χ2n) is 7.14. The monoisotopic (exact) mass is 403 g/mol. The maximum atomic E-state index is 12.7. The van der Waals surface area contributed by atoms with Gasteiger partial charge >= 0.3 is 5.97 Å². The summed E-state index contributed by atoms with van der Waals surface area (Å²) in [5.74, 6) is -0.133. The molecule has 0 radical (unpaired) electrons. The smallest absolute Gasteiger partial charge is 0.313 e. The Kier molecular flexibility index (Phi) is 5.25.